The van der Waals surface area contributed by atoms with E-state index in [1.807, 2.05) is 0 Å². The van der Waals surface area contributed by atoms with Gasteiger partial charge in [0.1, 0.15) is 11.6 Å². The van der Waals surface area contributed by atoms with E-state index in [1.165, 1.54) is 29.1 Å². The molecule has 3 heterocycles. The molecule has 1 N–H and O–H groups in total. The molecule has 0 bridgehead atoms. The largest absolute Gasteiger partial charge is 0.480 e. The van der Waals surface area contributed by atoms with Crippen LogP contribution in [-0.4, -0.2) is 72.1 Å². The predicted molar refractivity (Wildman–Crippen MR) is 156 cm³/mol. The first-order valence-corrected chi connectivity index (χ1v) is 14.5. The summed E-state index contributed by atoms with van der Waals surface area (Å²) in [6.45, 7) is 4.57. The van der Waals surface area contributed by atoms with E-state index in [0.29, 0.717) is 28.2 Å². The number of carbonyl (C=O) groups excluding carboxylic acids is 3. The first-order valence-electron chi connectivity index (χ1n) is 13.3. The molecule has 1 aromatic heterocycles. The van der Waals surface area contributed by atoms with E-state index < -0.39 is 52.6 Å². The third-order valence-electron chi connectivity index (χ3n) is 7.04. The van der Waals surface area contributed by atoms with Crippen LogP contribution in [0.25, 0.3) is 17.0 Å². The third kappa shape index (κ3) is 6.41. The van der Waals surface area contributed by atoms with E-state index in [0.717, 1.165) is 15.9 Å². The van der Waals surface area contributed by atoms with Gasteiger partial charge in [0.25, 0.3) is 11.1 Å². The summed E-state index contributed by atoms with van der Waals surface area (Å²) in [7, 11) is 0. The van der Waals surface area contributed by atoms with E-state index in [4.69, 9.17) is 16.3 Å². The predicted octanol–water partition coefficient (Wildman–Crippen LogP) is 6.26. The van der Waals surface area contributed by atoms with Crippen molar-refractivity contribution >= 4 is 63.6 Å². The van der Waals surface area contributed by atoms with E-state index in [2.05, 4.69) is 5.10 Å². The van der Waals surface area contributed by atoms with Gasteiger partial charge < -0.3 is 9.84 Å². The van der Waals surface area contributed by atoms with Gasteiger partial charge in [-0.1, -0.05) is 23.7 Å². The van der Waals surface area contributed by atoms with Crippen LogP contribution in [0.5, 0.6) is 0 Å². The number of carboxylic acid groups (broad SMARTS) is 1. The van der Waals surface area contributed by atoms with E-state index in [9.17, 15) is 37.5 Å². The van der Waals surface area contributed by atoms with Crippen molar-refractivity contribution in [2.75, 3.05) is 6.54 Å². The lowest BCUT2D eigenvalue weighted by Crippen LogP contribution is -2.44. The zero-order chi connectivity index (χ0) is 32.1. The number of hydrogen-bond donors (Lipinski definition) is 1. The van der Waals surface area contributed by atoms with Crippen LogP contribution in [-0.2, 0) is 27.0 Å². The van der Waals surface area contributed by atoms with Crippen LogP contribution in [0.15, 0.2) is 47.5 Å². The molecule has 2 saturated heterocycles. The van der Waals surface area contributed by atoms with Crippen LogP contribution in [0.1, 0.15) is 43.9 Å². The normalized spacial score (nSPS) is 20.3. The Labute approximate surface area is 258 Å². The Kier molecular flexibility index (Phi) is 8.18. The van der Waals surface area contributed by atoms with Gasteiger partial charge >= 0.3 is 18.2 Å². The monoisotopic (exact) mass is 650 g/mol. The smallest absolute Gasteiger partial charge is 0.416 e. The minimum atomic E-state index is -4.60. The molecule has 44 heavy (non-hydrogen) atoms. The highest BCUT2D eigenvalue weighted by atomic mass is 35.5. The van der Waals surface area contributed by atoms with Gasteiger partial charge in [-0.25, -0.2) is 9.59 Å². The van der Waals surface area contributed by atoms with E-state index in [-0.39, 0.29) is 35.0 Å². The molecule has 15 heteroatoms. The van der Waals surface area contributed by atoms with Crippen molar-refractivity contribution in [1.82, 2.24) is 19.6 Å². The summed E-state index contributed by atoms with van der Waals surface area (Å²) in [5.74, 6) is -1.90. The van der Waals surface area contributed by atoms with Crippen molar-refractivity contribution in [2.24, 2.45) is 0 Å². The number of nitrogens with zero attached hydrogens (tertiary/aromatic N) is 4. The molecule has 0 saturated carbocycles. The van der Waals surface area contributed by atoms with Crippen LogP contribution in [0.4, 0.5) is 22.8 Å². The van der Waals surface area contributed by atoms with E-state index >= 15 is 0 Å². The Morgan fingerprint density at radius 1 is 1.16 bits per heavy atom. The molecule has 3 amide bonds. The average molecular weight is 651 g/mol. The maximum Gasteiger partial charge on any atom is 0.416 e. The summed E-state index contributed by atoms with van der Waals surface area (Å²) in [6.07, 6.45) is -2.61. The minimum Gasteiger partial charge on any atom is -0.480 e. The summed E-state index contributed by atoms with van der Waals surface area (Å²) in [6, 6.07) is 6.39. The second-order valence-corrected chi connectivity index (χ2v) is 12.8. The molecule has 0 radical (unpaired) electrons. The number of fused-ring (bicyclic) bond motifs is 1. The van der Waals surface area contributed by atoms with Gasteiger partial charge in [-0.3, -0.25) is 24.1 Å². The Hall–Kier alpha value is -4.04. The maximum atomic E-state index is 13.6. The Bertz CT molecular complexity index is 1720. The molecular formula is C29H26ClF3N4O6S. The van der Waals surface area contributed by atoms with Gasteiger partial charge in [0.2, 0.25) is 0 Å². The van der Waals surface area contributed by atoms with Crippen LogP contribution >= 0.6 is 23.4 Å². The van der Waals surface area contributed by atoms with Crippen molar-refractivity contribution in [3.63, 3.8) is 0 Å². The number of halogens is 4. The number of hydrogen-bond acceptors (Lipinski definition) is 7. The summed E-state index contributed by atoms with van der Waals surface area (Å²) in [4.78, 5) is 52.8. The highest BCUT2D eigenvalue weighted by molar-refractivity contribution is 8.18. The van der Waals surface area contributed by atoms with Crippen LogP contribution in [0.3, 0.4) is 0 Å². The number of aliphatic carboxylic acids is 1. The summed E-state index contributed by atoms with van der Waals surface area (Å²) in [5.41, 5.74) is -0.650. The zero-order valence-corrected chi connectivity index (χ0v) is 25.2. The number of ether oxygens (including phenoxy) is 1. The van der Waals surface area contributed by atoms with Gasteiger partial charge in [0.15, 0.2) is 0 Å². The molecule has 0 aliphatic carbocycles. The first kappa shape index (κ1) is 31.4. The molecule has 2 fully saturated rings. The second-order valence-electron chi connectivity index (χ2n) is 11.3. The minimum absolute atomic E-state index is 0.00747. The number of carboxylic acids is 1. The molecule has 10 nitrogen and oxygen atoms in total. The van der Waals surface area contributed by atoms with Crippen LogP contribution in [0.2, 0.25) is 5.02 Å². The van der Waals surface area contributed by atoms with Gasteiger partial charge in [-0.15, -0.1) is 0 Å². The SMILES string of the molecule is CC(C)(C)OC(=O)N1C[C@H](N2C(=O)SC(=Cc3ccc4c(cnn4Cc4ccc(Cl)cc4C(F)(F)F)c3)C2=O)C[C@H]1C(=O)O. The van der Waals surface area contributed by atoms with E-state index in [1.54, 1.807) is 39.0 Å². The molecule has 3 aromatic rings. The van der Waals surface area contributed by atoms with Crippen LogP contribution < -0.4 is 0 Å². The first-order chi connectivity index (χ1) is 20.5. The molecule has 2 aliphatic rings. The number of carbonyl (C=O) groups is 4. The zero-order valence-electron chi connectivity index (χ0n) is 23.6. The lowest BCUT2D eigenvalue weighted by molar-refractivity contribution is -0.142. The average Bonchev–Trinajstić information content (AvgIpc) is 3.59. The van der Waals surface area contributed by atoms with Gasteiger partial charge in [0.05, 0.1) is 34.8 Å². The molecule has 2 atom stereocenters. The standard InChI is InChI=1S/C29H26ClF3N4O6S/c1-28(2,3)43-26(41)35-14-19(11-22(35)25(39)40)37-24(38)23(44-27(37)42)9-15-4-7-21-17(8-15)12-34-36(21)13-16-5-6-18(30)10-20(16)29(31,32)33/h4-10,12,19,22H,11,13-14H2,1-3H3,(H,39,40)/t19-,22+/m1/s1. The number of alkyl halides is 3. The fourth-order valence-electron chi connectivity index (χ4n) is 5.14. The molecular weight excluding hydrogens is 625 g/mol. The Morgan fingerprint density at radius 2 is 1.89 bits per heavy atom. The van der Waals surface area contributed by atoms with Crippen molar-refractivity contribution in [3.05, 3.63) is 69.2 Å². The molecule has 0 spiro atoms. The van der Waals surface area contributed by atoms with Gasteiger partial charge in [-0.2, -0.15) is 18.3 Å². The number of likely N-dealkylation sites (tertiary alicyclic amines) is 1. The molecule has 5 rings (SSSR count). The molecule has 2 aliphatic heterocycles. The Morgan fingerprint density at radius 3 is 2.55 bits per heavy atom. The van der Waals surface area contributed by atoms with Crippen molar-refractivity contribution in [3.8, 4) is 0 Å². The topological polar surface area (TPSA) is 122 Å². The summed E-state index contributed by atoms with van der Waals surface area (Å²) < 4.78 is 47.4. The summed E-state index contributed by atoms with van der Waals surface area (Å²) >= 11 is 6.48. The number of amides is 3. The second kappa shape index (κ2) is 11.5. The van der Waals surface area contributed by atoms with Gasteiger partial charge in [-0.05, 0) is 74.0 Å². The molecule has 2 aromatic carbocycles. The maximum absolute atomic E-state index is 13.6. The number of benzene rings is 2. The van der Waals surface area contributed by atoms with Gasteiger partial charge in [0, 0.05) is 23.4 Å². The van der Waals surface area contributed by atoms with Crippen LogP contribution in [0, 0.1) is 0 Å². The fourth-order valence-corrected chi connectivity index (χ4v) is 6.21. The highest BCUT2D eigenvalue weighted by Gasteiger charge is 2.49. The third-order valence-corrected chi connectivity index (χ3v) is 8.16. The fraction of sp³-hybridized carbons (Fsp3) is 0.345. The lowest BCUT2D eigenvalue weighted by Gasteiger charge is -2.27. The lowest BCUT2D eigenvalue weighted by atomic mass is 10.1. The number of rotatable bonds is 5. The number of thioether (sulfide) groups is 1. The molecule has 0 unspecified atom stereocenters. The quantitative estimate of drug-likeness (QED) is 0.322. The summed E-state index contributed by atoms with van der Waals surface area (Å²) in [5, 5.41) is 13.9. The highest BCUT2D eigenvalue weighted by Crippen LogP contribution is 2.38. The Balaban J connectivity index is 1.35. The van der Waals surface area contributed by atoms with Crippen molar-refractivity contribution < 1.29 is 42.2 Å². The molecule has 232 valence electrons. The number of aromatic nitrogens is 2. The van der Waals surface area contributed by atoms with Crippen molar-refractivity contribution in [2.45, 2.75) is 57.6 Å². The van der Waals surface area contributed by atoms with Crippen molar-refractivity contribution in [1.29, 1.82) is 0 Å². The number of imide groups is 1.